The van der Waals surface area contributed by atoms with Crippen LogP contribution in [0, 0.1) is 5.41 Å². The number of rotatable bonds is 4. The molecule has 2 nitrogen and oxygen atoms in total. The van der Waals surface area contributed by atoms with Crippen LogP contribution in [-0.2, 0) is 13.5 Å². The second-order valence-corrected chi connectivity index (χ2v) is 5.42. The van der Waals surface area contributed by atoms with Gasteiger partial charge >= 0.3 is 0 Å². The number of aromatic nitrogens is 2. The summed E-state index contributed by atoms with van der Waals surface area (Å²) in [6.07, 6.45) is 12.9. The van der Waals surface area contributed by atoms with Crippen molar-refractivity contribution in [3.05, 3.63) is 18.2 Å². The Morgan fingerprint density at radius 3 is 2.69 bits per heavy atom. The van der Waals surface area contributed by atoms with Crippen LogP contribution in [0.2, 0.25) is 0 Å². The number of aryl methyl sites for hydroxylation is 2. The summed E-state index contributed by atoms with van der Waals surface area (Å²) in [5.74, 6) is 2.01. The van der Waals surface area contributed by atoms with Gasteiger partial charge in [-0.2, -0.15) is 0 Å². The summed E-state index contributed by atoms with van der Waals surface area (Å²) in [6, 6.07) is 0. The monoisotopic (exact) mass is 240 g/mol. The number of alkyl halides is 1. The van der Waals surface area contributed by atoms with Gasteiger partial charge in [-0.1, -0.05) is 19.3 Å². The van der Waals surface area contributed by atoms with E-state index in [1.807, 2.05) is 12.4 Å². The number of hydrogen-bond donors (Lipinski definition) is 0. The third-order valence-electron chi connectivity index (χ3n) is 4.00. The van der Waals surface area contributed by atoms with E-state index in [1.54, 1.807) is 0 Å². The smallest absolute Gasteiger partial charge is 0.108 e. The first-order chi connectivity index (χ1) is 7.76. The molecule has 2 rings (SSSR count). The van der Waals surface area contributed by atoms with Crippen molar-refractivity contribution < 1.29 is 0 Å². The summed E-state index contributed by atoms with van der Waals surface area (Å²) >= 11 is 6.19. The number of hydrogen-bond acceptors (Lipinski definition) is 1. The second kappa shape index (κ2) is 5.22. The van der Waals surface area contributed by atoms with Gasteiger partial charge in [-0.05, 0) is 24.7 Å². The molecule has 0 bridgehead atoms. The van der Waals surface area contributed by atoms with Crippen molar-refractivity contribution in [3.8, 4) is 0 Å². The zero-order chi connectivity index (χ0) is 11.4. The molecular weight excluding hydrogens is 220 g/mol. The molecule has 1 aromatic rings. The minimum Gasteiger partial charge on any atom is -0.338 e. The molecule has 16 heavy (non-hydrogen) atoms. The molecule has 0 atom stereocenters. The fourth-order valence-electron chi connectivity index (χ4n) is 2.77. The van der Waals surface area contributed by atoms with E-state index in [-0.39, 0.29) is 0 Å². The van der Waals surface area contributed by atoms with Gasteiger partial charge in [0.1, 0.15) is 5.82 Å². The predicted octanol–water partition coefficient (Wildman–Crippen LogP) is 3.54. The zero-order valence-corrected chi connectivity index (χ0v) is 10.8. The normalized spacial score (nSPS) is 19.9. The lowest BCUT2D eigenvalue weighted by Crippen LogP contribution is -2.27. The van der Waals surface area contributed by atoms with E-state index >= 15 is 0 Å². The third kappa shape index (κ3) is 2.60. The molecule has 1 aliphatic carbocycles. The maximum atomic E-state index is 6.19. The molecule has 90 valence electrons. The van der Waals surface area contributed by atoms with Crippen molar-refractivity contribution in [2.24, 2.45) is 12.5 Å². The highest BCUT2D eigenvalue weighted by atomic mass is 35.5. The minimum atomic E-state index is 0.395. The van der Waals surface area contributed by atoms with Crippen molar-refractivity contribution in [2.75, 3.05) is 5.88 Å². The fourth-order valence-corrected chi connectivity index (χ4v) is 3.17. The van der Waals surface area contributed by atoms with E-state index in [9.17, 15) is 0 Å². The lowest BCUT2D eigenvalue weighted by Gasteiger charge is -2.35. The van der Waals surface area contributed by atoms with E-state index in [2.05, 4.69) is 16.6 Å². The second-order valence-electron chi connectivity index (χ2n) is 5.15. The summed E-state index contributed by atoms with van der Waals surface area (Å²) in [7, 11) is 2.07. The Morgan fingerprint density at radius 1 is 1.38 bits per heavy atom. The molecule has 1 heterocycles. The third-order valence-corrected chi connectivity index (χ3v) is 4.56. The van der Waals surface area contributed by atoms with Crippen LogP contribution in [0.1, 0.15) is 44.3 Å². The van der Waals surface area contributed by atoms with Gasteiger partial charge in [0, 0.05) is 31.7 Å². The molecule has 1 aliphatic rings. The lowest BCUT2D eigenvalue weighted by molar-refractivity contribution is 0.202. The molecule has 3 heteroatoms. The summed E-state index contributed by atoms with van der Waals surface area (Å²) < 4.78 is 2.12. The highest BCUT2D eigenvalue weighted by Crippen LogP contribution is 2.40. The number of halogens is 1. The van der Waals surface area contributed by atoms with Crippen molar-refractivity contribution in [3.63, 3.8) is 0 Å². The largest absolute Gasteiger partial charge is 0.338 e. The Kier molecular flexibility index (Phi) is 3.91. The predicted molar refractivity (Wildman–Crippen MR) is 67.8 cm³/mol. The highest BCUT2D eigenvalue weighted by molar-refractivity contribution is 6.18. The van der Waals surface area contributed by atoms with Crippen molar-refractivity contribution >= 4 is 11.6 Å². The maximum Gasteiger partial charge on any atom is 0.108 e. The number of nitrogens with zero attached hydrogens (tertiary/aromatic N) is 2. The van der Waals surface area contributed by atoms with Gasteiger partial charge in [0.2, 0.25) is 0 Å². The van der Waals surface area contributed by atoms with Gasteiger partial charge in [0.15, 0.2) is 0 Å². The standard InChI is InChI=1S/C13H21ClN2/c1-16-10-9-15-12(16)5-8-13(11-14)6-3-2-4-7-13/h9-10H,2-8,11H2,1H3. The molecule has 1 aromatic heterocycles. The Balaban J connectivity index is 1.94. The first-order valence-electron chi connectivity index (χ1n) is 6.28. The van der Waals surface area contributed by atoms with E-state index in [0.717, 1.165) is 12.3 Å². The van der Waals surface area contributed by atoms with Crippen LogP contribution in [0.3, 0.4) is 0 Å². The topological polar surface area (TPSA) is 17.8 Å². The van der Waals surface area contributed by atoms with Crippen LogP contribution < -0.4 is 0 Å². The highest BCUT2D eigenvalue weighted by Gasteiger charge is 2.30. The van der Waals surface area contributed by atoms with E-state index in [1.165, 1.54) is 44.3 Å². The van der Waals surface area contributed by atoms with Gasteiger partial charge in [-0.25, -0.2) is 4.98 Å². The summed E-state index contributed by atoms with van der Waals surface area (Å²) in [5, 5.41) is 0. The van der Waals surface area contributed by atoms with Crippen LogP contribution in [0.4, 0.5) is 0 Å². The van der Waals surface area contributed by atoms with Crippen LogP contribution in [0.15, 0.2) is 12.4 Å². The summed E-state index contributed by atoms with van der Waals surface area (Å²) in [5.41, 5.74) is 0.395. The average Bonchev–Trinajstić information content (AvgIpc) is 2.74. The molecule has 0 aliphatic heterocycles. The molecule has 1 fully saturated rings. The summed E-state index contributed by atoms with van der Waals surface area (Å²) in [4.78, 5) is 4.39. The Labute approximate surface area is 103 Å². The number of imidazole rings is 1. The van der Waals surface area contributed by atoms with E-state index < -0.39 is 0 Å². The minimum absolute atomic E-state index is 0.395. The first kappa shape index (κ1) is 12.0. The molecule has 0 amide bonds. The molecule has 0 unspecified atom stereocenters. The van der Waals surface area contributed by atoms with Gasteiger partial charge in [-0.15, -0.1) is 11.6 Å². The van der Waals surface area contributed by atoms with Crippen molar-refractivity contribution in [1.29, 1.82) is 0 Å². The Hall–Kier alpha value is -0.500. The Bertz CT molecular complexity index is 326. The van der Waals surface area contributed by atoms with Crippen LogP contribution >= 0.6 is 11.6 Å². The Morgan fingerprint density at radius 2 is 2.12 bits per heavy atom. The van der Waals surface area contributed by atoms with Gasteiger partial charge < -0.3 is 4.57 Å². The average molecular weight is 241 g/mol. The molecule has 0 radical (unpaired) electrons. The van der Waals surface area contributed by atoms with Crippen LogP contribution in [-0.4, -0.2) is 15.4 Å². The zero-order valence-electron chi connectivity index (χ0n) is 10.1. The molecule has 1 saturated carbocycles. The fraction of sp³-hybridized carbons (Fsp3) is 0.769. The summed E-state index contributed by atoms with van der Waals surface area (Å²) in [6.45, 7) is 0. The van der Waals surface area contributed by atoms with E-state index in [0.29, 0.717) is 5.41 Å². The van der Waals surface area contributed by atoms with Gasteiger partial charge in [0.25, 0.3) is 0 Å². The van der Waals surface area contributed by atoms with Crippen LogP contribution in [0.25, 0.3) is 0 Å². The van der Waals surface area contributed by atoms with Gasteiger partial charge in [0.05, 0.1) is 0 Å². The molecule has 0 N–H and O–H groups in total. The first-order valence-corrected chi connectivity index (χ1v) is 6.81. The van der Waals surface area contributed by atoms with Crippen molar-refractivity contribution in [1.82, 2.24) is 9.55 Å². The molecule has 0 aromatic carbocycles. The molecule has 0 spiro atoms. The SMILES string of the molecule is Cn1ccnc1CCC1(CCl)CCCCC1. The molecular formula is C13H21ClN2. The van der Waals surface area contributed by atoms with Crippen LogP contribution in [0.5, 0.6) is 0 Å². The van der Waals surface area contributed by atoms with Gasteiger partial charge in [-0.3, -0.25) is 0 Å². The molecule has 0 saturated heterocycles. The van der Waals surface area contributed by atoms with E-state index in [4.69, 9.17) is 11.6 Å². The van der Waals surface area contributed by atoms with Crippen molar-refractivity contribution in [2.45, 2.75) is 44.9 Å². The maximum absolute atomic E-state index is 6.19. The lowest BCUT2D eigenvalue weighted by atomic mass is 9.72. The quantitative estimate of drug-likeness (QED) is 0.736.